The fourth-order valence-corrected chi connectivity index (χ4v) is 2.35. The average Bonchev–Trinajstić information content (AvgIpc) is 3.06. The van der Waals surface area contributed by atoms with Gasteiger partial charge in [0.1, 0.15) is 0 Å². The third-order valence-electron chi connectivity index (χ3n) is 3.47. The Balaban J connectivity index is 1.55. The molecule has 1 heterocycles. The number of amides is 2. The predicted molar refractivity (Wildman–Crippen MR) is 66.4 cm³/mol. The van der Waals surface area contributed by atoms with Gasteiger partial charge in [-0.15, -0.1) is 0 Å². The van der Waals surface area contributed by atoms with Crippen LogP contribution in [0.1, 0.15) is 32.1 Å². The van der Waals surface area contributed by atoms with Crippen LogP contribution in [0.5, 0.6) is 0 Å². The standard InChI is InChI=1S/C12H21N3O3/c16-11(17)2-1-6-13-12(18)14-9-5-7-15(8-9)10-3-4-10/h9-10H,1-8H2,(H,16,17)(H2,13,14,18). The van der Waals surface area contributed by atoms with E-state index in [0.29, 0.717) is 13.0 Å². The molecule has 2 rings (SSSR count). The third-order valence-corrected chi connectivity index (χ3v) is 3.47. The lowest BCUT2D eigenvalue weighted by molar-refractivity contribution is -0.137. The summed E-state index contributed by atoms with van der Waals surface area (Å²) in [7, 11) is 0. The highest BCUT2D eigenvalue weighted by Gasteiger charge is 2.34. The lowest BCUT2D eigenvalue weighted by atomic mass is 10.3. The first-order valence-corrected chi connectivity index (χ1v) is 6.65. The lowest BCUT2D eigenvalue weighted by Gasteiger charge is -2.16. The summed E-state index contributed by atoms with van der Waals surface area (Å²) in [4.78, 5) is 24.3. The molecule has 0 bridgehead atoms. The van der Waals surface area contributed by atoms with Gasteiger partial charge in [0.05, 0.1) is 0 Å². The van der Waals surface area contributed by atoms with Gasteiger partial charge in [-0.3, -0.25) is 9.69 Å². The molecule has 1 saturated carbocycles. The zero-order valence-electron chi connectivity index (χ0n) is 10.5. The minimum absolute atomic E-state index is 0.0964. The minimum Gasteiger partial charge on any atom is -0.481 e. The fraction of sp³-hybridized carbons (Fsp3) is 0.833. The normalized spacial score (nSPS) is 23.9. The fourth-order valence-electron chi connectivity index (χ4n) is 2.35. The molecule has 1 unspecified atom stereocenters. The molecular weight excluding hydrogens is 234 g/mol. The van der Waals surface area contributed by atoms with E-state index in [4.69, 9.17) is 5.11 Å². The minimum atomic E-state index is -0.826. The number of urea groups is 1. The van der Waals surface area contributed by atoms with Crippen LogP contribution in [-0.2, 0) is 4.79 Å². The van der Waals surface area contributed by atoms with Crippen molar-refractivity contribution >= 4 is 12.0 Å². The quantitative estimate of drug-likeness (QED) is 0.600. The van der Waals surface area contributed by atoms with Crippen molar-refractivity contribution in [2.75, 3.05) is 19.6 Å². The molecule has 0 aromatic carbocycles. The number of hydrogen-bond donors (Lipinski definition) is 3. The number of carboxylic acid groups (broad SMARTS) is 1. The van der Waals surface area contributed by atoms with E-state index in [0.717, 1.165) is 25.6 Å². The predicted octanol–water partition coefficient (Wildman–Crippen LogP) is 0.387. The summed E-state index contributed by atoms with van der Waals surface area (Å²) in [6.07, 6.45) is 4.18. The van der Waals surface area contributed by atoms with E-state index in [1.54, 1.807) is 0 Å². The molecule has 6 heteroatoms. The van der Waals surface area contributed by atoms with Crippen LogP contribution in [0.25, 0.3) is 0 Å². The van der Waals surface area contributed by atoms with Gasteiger partial charge in [0.25, 0.3) is 0 Å². The first-order chi connectivity index (χ1) is 8.65. The summed E-state index contributed by atoms with van der Waals surface area (Å²) in [5.41, 5.74) is 0. The van der Waals surface area contributed by atoms with E-state index in [1.807, 2.05) is 0 Å². The number of nitrogens with one attached hydrogen (secondary N) is 2. The van der Waals surface area contributed by atoms with Crippen LogP contribution in [0.2, 0.25) is 0 Å². The molecule has 1 saturated heterocycles. The number of rotatable bonds is 6. The average molecular weight is 255 g/mol. The number of carboxylic acids is 1. The summed E-state index contributed by atoms with van der Waals surface area (Å²) >= 11 is 0. The molecule has 3 N–H and O–H groups in total. The van der Waals surface area contributed by atoms with E-state index in [2.05, 4.69) is 15.5 Å². The molecule has 18 heavy (non-hydrogen) atoms. The van der Waals surface area contributed by atoms with Crippen LogP contribution in [0.3, 0.4) is 0 Å². The smallest absolute Gasteiger partial charge is 0.315 e. The molecule has 0 aromatic heterocycles. The van der Waals surface area contributed by atoms with E-state index in [-0.39, 0.29) is 18.5 Å². The van der Waals surface area contributed by atoms with Crippen molar-refractivity contribution < 1.29 is 14.7 Å². The van der Waals surface area contributed by atoms with Gasteiger partial charge in [0.2, 0.25) is 0 Å². The highest BCUT2D eigenvalue weighted by molar-refractivity contribution is 5.74. The van der Waals surface area contributed by atoms with Crippen LogP contribution in [0.4, 0.5) is 4.79 Å². The molecule has 0 spiro atoms. The van der Waals surface area contributed by atoms with Crippen LogP contribution in [0.15, 0.2) is 0 Å². The van der Waals surface area contributed by atoms with E-state index < -0.39 is 5.97 Å². The highest BCUT2D eigenvalue weighted by Crippen LogP contribution is 2.29. The number of likely N-dealkylation sites (tertiary alicyclic amines) is 1. The second-order valence-electron chi connectivity index (χ2n) is 5.11. The summed E-state index contributed by atoms with van der Waals surface area (Å²) in [6, 6.07) is 0.823. The summed E-state index contributed by atoms with van der Waals surface area (Å²) in [6.45, 7) is 2.44. The number of aliphatic carboxylic acids is 1. The lowest BCUT2D eigenvalue weighted by Crippen LogP contribution is -2.43. The molecule has 6 nitrogen and oxygen atoms in total. The molecule has 102 valence electrons. The van der Waals surface area contributed by atoms with Gasteiger partial charge in [-0.2, -0.15) is 0 Å². The number of carbonyl (C=O) groups excluding carboxylic acids is 1. The Hall–Kier alpha value is -1.30. The first-order valence-electron chi connectivity index (χ1n) is 6.65. The van der Waals surface area contributed by atoms with Gasteiger partial charge in [-0.05, 0) is 25.7 Å². The molecule has 1 aliphatic carbocycles. The monoisotopic (exact) mass is 255 g/mol. The van der Waals surface area contributed by atoms with Gasteiger partial charge < -0.3 is 15.7 Å². The maximum atomic E-state index is 11.5. The van der Waals surface area contributed by atoms with Crippen molar-refractivity contribution in [2.24, 2.45) is 0 Å². The van der Waals surface area contributed by atoms with Crippen LogP contribution in [0, 0.1) is 0 Å². The second-order valence-corrected chi connectivity index (χ2v) is 5.11. The summed E-state index contributed by atoms with van der Waals surface area (Å²) in [5.74, 6) is -0.826. The van der Waals surface area contributed by atoms with Gasteiger partial charge >= 0.3 is 12.0 Å². The van der Waals surface area contributed by atoms with Gasteiger partial charge in [0.15, 0.2) is 0 Å². The highest BCUT2D eigenvalue weighted by atomic mass is 16.4. The molecule has 2 fully saturated rings. The Bertz CT molecular complexity index is 318. The Morgan fingerprint density at radius 1 is 1.28 bits per heavy atom. The SMILES string of the molecule is O=C(O)CCCNC(=O)NC1CCN(C2CC2)C1. The van der Waals surface area contributed by atoms with Crippen molar-refractivity contribution in [2.45, 2.75) is 44.2 Å². The Labute approximate surface area is 107 Å². The topological polar surface area (TPSA) is 81.7 Å². The molecule has 1 aliphatic heterocycles. The largest absolute Gasteiger partial charge is 0.481 e. The van der Waals surface area contributed by atoms with Crippen molar-refractivity contribution in [3.8, 4) is 0 Å². The number of nitrogens with zero attached hydrogens (tertiary/aromatic N) is 1. The maximum Gasteiger partial charge on any atom is 0.315 e. The molecule has 0 aromatic rings. The van der Waals surface area contributed by atoms with E-state index >= 15 is 0 Å². The van der Waals surface area contributed by atoms with Crippen molar-refractivity contribution in [3.63, 3.8) is 0 Å². The molecule has 2 aliphatic rings. The molecule has 0 radical (unpaired) electrons. The molecule has 2 amide bonds. The van der Waals surface area contributed by atoms with Crippen molar-refractivity contribution in [1.29, 1.82) is 0 Å². The van der Waals surface area contributed by atoms with Crippen LogP contribution in [-0.4, -0.2) is 53.7 Å². The van der Waals surface area contributed by atoms with Crippen molar-refractivity contribution in [1.82, 2.24) is 15.5 Å². The summed E-state index contributed by atoms with van der Waals surface area (Å²) < 4.78 is 0. The maximum absolute atomic E-state index is 11.5. The second kappa shape index (κ2) is 6.04. The van der Waals surface area contributed by atoms with Gasteiger partial charge in [-0.25, -0.2) is 4.79 Å². The van der Waals surface area contributed by atoms with Crippen molar-refractivity contribution in [3.05, 3.63) is 0 Å². The first kappa shape index (κ1) is 13.1. The Morgan fingerprint density at radius 2 is 2.06 bits per heavy atom. The zero-order valence-corrected chi connectivity index (χ0v) is 10.5. The summed E-state index contributed by atoms with van der Waals surface area (Å²) in [5, 5.41) is 14.1. The van der Waals surface area contributed by atoms with Gasteiger partial charge in [0, 0.05) is 38.1 Å². The zero-order chi connectivity index (χ0) is 13.0. The third kappa shape index (κ3) is 4.18. The molecular formula is C12H21N3O3. The molecule has 1 atom stereocenters. The van der Waals surface area contributed by atoms with E-state index in [1.165, 1.54) is 12.8 Å². The van der Waals surface area contributed by atoms with Crippen LogP contribution >= 0.6 is 0 Å². The number of hydrogen-bond acceptors (Lipinski definition) is 3. The van der Waals surface area contributed by atoms with Gasteiger partial charge in [-0.1, -0.05) is 0 Å². The Morgan fingerprint density at radius 3 is 2.72 bits per heavy atom. The van der Waals surface area contributed by atoms with E-state index in [9.17, 15) is 9.59 Å². The van der Waals surface area contributed by atoms with Crippen LogP contribution < -0.4 is 10.6 Å². The Kier molecular flexibility index (Phi) is 4.41. The number of carbonyl (C=O) groups is 2.